The topological polar surface area (TPSA) is 107 Å². The number of carboxylic acid groups (broad SMARTS) is 1. The van der Waals surface area contributed by atoms with Gasteiger partial charge in [-0.2, -0.15) is 10.2 Å². The Morgan fingerprint density at radius 1 is 1.07 bits per heavy atom. The van der Waals surface area contributed by atoms with Crippen LogP contribution in [0.15, 0.2) is 59.5 Å². The van der Waals surface area contributed by atoms with E-state index in [1.165, 1.54) is 0 Å². The largest absolute Gasteiger partial charge is 0.493 e. The van der Waals surface area contributed by atoms with Crippen molar-refractivity contribution in [3.63, 3.8) is 0 Å². The van der Waals surface area contributed by atoms with E-state index < -0.39 is 5.97 Å². The van der Waals surface area contributed by atoms with Crippen molar-refractivity contribution in [3.05, 3.63) is 93.7 Å². The number of benzene rings is 3. The average Bonchev–Trinajstić information content (AvgIpc) is 3.68. The first kappa shape index (κ1) is 29.5. The van der Waals surface area contributed by atoms with Gasteiger partial charge in [-0.15, -0.1) is 11.8 Å². The highest BCUT2D eigenvalue weighted by molar-refractivity contribution is 7.98. The van der Waals surface area contributed by atoms with Gasteiger partial charge in [0.15, 0.2) is 0 Å². The number of nitrogens with one attached hydrogen (secondary N) is 1. The number of aromatic nitrogens is 5. The summed E-state index contributed by atoms with van der Waals surface area (Å²) in [6.45, 7) is 2.99. The quantitative estimate of drug-likeness (QED) is 0.192. The van der Waals surface area contributed by atoms with Crippen LogP contribution in [-0.2, 0) is 44.2 Å². The number of fused-ring (bicyclic) bond motifs is 8. The molecule has 2 N–H and O–H groups in total. The minimum Gasteiger partial charge on any atom is -0.493 e. The lowest BCUT2D eigenvalue weighted by molar-refractivity contribution is 0.0685. The second-order valence-corrected chi connectivity index (χ2v) is 12.8. The number of rotatable bonds is 1. The minimum absolute atomic E-state index is 0.243. The van der Waals surface area contributed by atoms with E-state index >= 15 is 0 Å². The fourth-order valence-corrected chi connectivity index (χ4v) is 7.43. The van der Waals surface area contributed by atoms with Crippen LogP contribution in [0.5, 0.6) is 5.75 Å². The zero-order chi connectivity index (χ0) is 31.2. The summed E-state index contributed by atoms with van der Waals surface area (Å²) in [6.07, 6.45) is 1.15. The highest BCUT2D eigenvalue weighted by Crippen LogP contribution is 2.42. The average molecular weight is 642 g/mol. The number of aryl methyl sites for hydroxylation is 3. The van der Waals surface area contributed by atoms with Gasteiger partial charge in [0.2, 0.25) is 0 Å². The van der Waals surface area contributed by atoms with Crippen LogP contribution in [0, 0.1) is 6.92 Å². The Morgan fingerprint density at radius 2 is 1.91 bits per heavy atom. The zero-order valence-corrected chi connectivity index (χ0v) is 26.8. The van der Waals surface area contributed by atoms with Crippen LogP contribution in [0.1, 0.15) is 45.2 Å². The lowest BCUT2D eigenvalue weighted by Crippen LogP contribution is -2.09. The van der Waals surface area contributed by atoms with Crippen LogP contribution < -0.4 is 4.74 Å². The molecule has 8 bridgehead atoms. The lowest BCUT2D eigenvalue weighted by atomic mass is 9.98. The van der Waals surface area contributed by atoms with Crippen molar-refractivity contribution < 1.29 is 19.4 Å². The van der Waals surface area contributed by atoms with Crippen molar-refractivity contribution in [2.24, 2.45) is 14.1 Å². The molecule has 3 aromatic heterocycles. The third-order valence-corrected chi connectivity index (χ3v) is 9.79. The molecule has 0 spiro atoms. The summed E-state index contributed by atoms with van der Waals surface area (Å²) in [6, 6.07) is 18.2. The molecule has 0 saturated carbocycles. The number of hydrogen-bond donors (Lipinski definition) is 2. The molecule has 7 rings (SSSR count). The Labute approximate surface area is 269 Å². The number of nitrogens with zero attached hydrogens (tertiary/aromatic N) is 4. The number of ether oxygens (including phenoxy) is 2. The number of aromatic carboxylic acids is 1. The monoisotopic (exact) mass is 641 g/mol. The van der Waals surface area contributed by atoms with Crippen LogP contribution in [0.3, 0.4) is 0 Å². The number of H-pyrrole nitrogens is 1. The van der Waals surface area contributed by atoms with Crippen molar-refractivity contribution in [2.75, 3.05) is 6.61 Å². The molecule has 0 saturated heterocycles. The molecule has 230 valence electrons. The molecule has 0 aliphatic carbocycles. The van der Waals surface area contributed by atoms with Crippen LogP contribution in [0.4, 0.5) is 0 Å². The molecule has 0 atom stereocenters. The maximum Gasteiger partial charge on any atom is 0.352 e. The van der Waals surface area contributed by atoms with Crippen LogP contribution in [0.25, 0.3) is 32.8 Å². The maximum atomic E-state index is 12.7. The number of hydrogen-bond acceptors (Lipinski definition) is 6. The molecule has 1 aliphatic rings. The smallest absolute Gasteiger partial charge is 0.352 e. The van der Waals surface area contributed by atoms with Crippen molar-refractivity contribution >= 4 is 51.0 Å². The third-order valence-electron chi connectivity index (χ3n) is 8.46. The molecular formula is C34H32ClN5O4S. The van der Waals surface area contributed by atoms with E-state index in [2.05, 4.69) is 34.5 Å². The van der Waals surface area contributed by atoms with Gasteiger partial charge in [0.05, 0.1) is 47.4 Å². The van der Waals surface area contributed by atoms with Gasteiger partial charge in [0, 0.05) is 52.3 Å². The van der Waals surface area contributed by atoms with E-state index in [0.717, 1.165) is 71.8 Å². The van der Waals surface area contributed by atoms with Crippen molar-refractivity contribution in [2.45, 2.75) is 43.6 Å². The fraction of sp³-hybridized carbons (Fsp3) is 0.265. The number of carbonyl (C=O) groups is 1. The number of halogens is 1. The summed E-state index contributed by atoms with van der Waals surface area (Å²) in [5.41, 5.74) is 6.79. The zero-order valence-electron chi connectivity index (χ0n) is 25.2. The van der Waals surface area contributed by atoms with Gasteiger partial charge >= 0.3 is 5.97 Å². The molecule has 6 aromatic rings. The molecule has 4 heterocycles. The first-order valence-corrected chi connectivity index (χ1v) is 16.1. The summed E-state index contributed by atoms with van der Waals surface area (Å²) in [5.74, 6) is 0.513. The Morgan fingerprint density at radius 3 is 2.76 bits per heavy atom. The van der Waals surface area contributed by atoms with Gasteiger partial charge in [-0.25, -0.2) is 4.79 Å². The number of thioether (sulfide) groups is 1. The predicted molar refractivity (Wildman–Crippen MR) is 176 cm³/mol. The van der Waals surface area contributed by atoms with E-state index in [1.807, 2.05) is 49.0 Å². The summed E-state index contributed by atoms with van der Waals surface area (Å²) < 4.78 is 16.1. The molecule has 0 amide bonds. The highest BCUT2D eigenvalue weighted by atomic mass is 35.5. The van der Waals surface area contributed by atoms with E-state index in [1.54, 1.807) is 23.4 Å². The molecule has 9 nitrogen and oxygen atoms in total. The number of aromatic amines is 1. The summed E-state index contributed by atoms with van der Waals surface area (Å²) >= 11 is 8.62. The van der Waals surface area contributed by atoms with Gasteiger partial charge < -0.3 is 19.1 Å². The Bertz CT molecular complexity index is 2100. The third kappa shape index (κ3) is 5.37. The Kier molecular flexibility index (Phi) is 7.81. The lowest BCUT2D eigenvalue weighted by Gasteiger charge is -2.12. The first-order valence-electron chi connectivity index (χ1n) is 14.8. The molecule has 3 aromatic carbocycles. The van der Waals surface area contributed by atoms with Gasteiger partial charge in [-0.05, 0) is 55.0 Å². The van der Waals surface area contributed by atoms with Gasteiger partial charge in [0.1, 0.15) is 11.4 Å². The van der Waals surface area contributed by atoms with E-state index in [-0.39, 0.29) is 12.3 Å². The Balaban J connectivity index is 1.35. The molecule has 0 fully saturated rings. The summed E-state index contributed by atoms with van der Waals surface area (Å²) in [4.78, 5) is 13.8. The minimum atomic E-state index is -0.984. The first-order chi connectivity index (χ1) is 21.8. The van der Waals surface area contributed by atoms with Gasteiger partial charge in [-0.1, -0.05) is 41.9 Å². The van der Waals surface area contributed by atoms with E-state index in [9.17, 15) is 9.90 Å². The Hall–Kier alpha value is -4.25. The normalized spacial score (nSPS) is 14.3. The van der Waals surface area contributed by atoms with Gasteiger partial charge in [0.25, 0.3) is 0 Å². The molecule has 45 heavy (non-hydrogen) atoms. The van der Waals surface area contributed by atoms with Gasteiger partial charge in [-0.3, -0.25) is 9.78 Å². The van der Waals surface area contributed by atoms with Crippen molar-refractivity contribution in [1.82, 2.24) is 24.5 Å². The number of carboxylic acids is 1. The van der Waals surface area contributed by atoms with E-state index in [4.69, 9.17) is 26.2 Å². The van der Waals surface area contributed by atoms with Crippen LogP contribution in [-0.4, -0.2) is 42.2 Å². The molecular weight excluding hydrogens is 610 g/mol. The van der Waals surface area contributed by atoms with E-state index in [0.29, 0.717) is 36.8 Å². The molecule has 11 heteroatoms. The SMILES string of the molecule is Cc1c2c(nn1C)COCc1cc(n[nH]1)CSc1cc(c3ccccc3c1)OCCCc1c(C(=O)O)n(C)c3c-2c(Cl)ccc13. The van der Waals surface area contributed by atoms with Crippen LogP contribution >= 0.6 is 23.4 Å². The molecule has 1 aliphatic heterocycles. The molecule has 0 unspecified atom stereocenters. The fourth-order valence-electron chi connectivity index (χ4n) is 6.32. The highest BCUT2D eigenvalue weighted by Gasteiger charge is 2.27. The maximum absolute atomic E-state index is 12.7. The van der Waals surface area contributed by atoms with Crippen molar-refractivity contribution in [1.29, 1.82) is 0 Å². The molecule has 0 radical (unpaired) electrons. The van der Waals surface area contributed by atoms with Crippen molar-refractivity contribution in [3.8, 4) is 16.9 Å². The summed E-state index contributed by atoms with van der Waals surface area (Å²) in [7, 11) is 3.67. The predicted octanol–water partition coefficient (Wildman–Crippen LogP) is 7.45. The van der Waals surface area contributed by atoms with Crippen LogP contribution in [0.2, 0.25) is 5.02 Å². The summed E-state index contributed by atoms with van der Waals surface area (Å²) in [5, 5.41) is 26.3. The second-order valence-electron chi connectivity index (χ2n) is 11.3. The standard InChI is InChI=1S/C34H32ClN5O4S/c1-19-30-28(38-40(19)3)17-43-16-21-14-22(37-36-21)18-45-23-13-20-7-4-5-8-24(20)29(15-23)44-12-6-9-25-26-10-11-27(35)31(30)32(26)39(2)33(25)34(41)42/h4-5,7-8,10-11,13-15H,6,9,12,16-18H2,1-3H3,(H,36,37)(H,41,42). The second kappa shape index (κ2) is 11.9.